The van der Waals surface area contributed by atoms with Crippen molar-refractivity contribution in [2.45, 2.75) is 81.4 Å². The summed E-state index contributed by atoms with van der Waals surface area (Å²) in [5.41, 5.74) is 0. The van der Waals surface area contributed by atoms with E-state index in [0.717, 1.165) is 0 Å². The van der Waals surface area contributed by atoms with E-state index in [1.54, 1.807) is 13.8 Å². The van der Waals surface area contributed by atoms with Gasteiger partial charge in [0.1, 0.15) is 36.6 Å². The summed E-state index contributed by atoms with van der Waals surface area (Å²) in [6, 6.07) is 0. The fourth-order valence-corrected chi connectivity index (χ4v) is 2.97. The number of hydrogen-bond acceptors (Lipinski definition) is 11. The van der Waals surface area contributed by atoms with Crippen LogP contribution in [0.1, 0.15) is 13.8 Å². The third-order valence-electron chi connectivity index (χ3n) is 4.31. The Kier molecular flexibility index (Phi) is 7.30. The lowest BCUT2D eigenvalue weighted by Gasteiger charge is -2.45. The maximum absolute atomic E-state index is 11.5. The molecule has 0 radical (unpaired) electrons. The van der Waals surface area contributed by atoms with Gasteiger partial charge in [-0.1, -0.05) is 0 Å². The standard InChI is InChI=1S/C15H24O13/c1-3(2)25-8-5(17)7(19)15(28-11(8)13(22)23)27-9-4(16)6(18)14(24)26-10(9)12(20)21/h3-11,14-19,24H,1-2H3,(H,20,21)(H,22,23)/t4?,5?,6-,7-,8+,9+,10?,11?,14-,15-/m1/s1. The predicted molar refractivity (Wildman–Crippen MR) is 83.7 cm³/mol. The molecule has 0 spiro atoms. The molecular weight excluding hydrogens is 388 g/mol. The molecule has 10 atom stereocenters. The van der Waals surface area contributed by atoms with E-state index in [2.05, 4.69) is 4.74 Å². The molecule has 0 bridgehead atoms. The molecule has 2 heterocycles. The van der Waals surface area contributed by atoms with Gasteiger partial charge in [-0.3, -0.25) is 0 Å². The van der Waals surface area contributed by atoms with Crippen LogP contribution in [-0.2, 0) is 28.5 Å². The molecule has 2 aliphatic heterocycles. The minimum atomic E-state index is -2.02. The van der Waals surface area contributed by atoms with Crippen LogP contribution in [0.25, 0.3) is 0 Å². The summed E-state index contributed by atoms with van der Waals surface area (Å²) in [4.78, 5) is 22.8. The van der Waals surface area contributed by atoms with E-state index in [1.165, 1.54) is 0 Å². The van der Waals surface area contributed by atoms with Crippen LogP contribution < -0.4 is 0 Å². The molecule has 4 unspecified atom stereocenters. The Morgan fingerprint density at radius 2 is 1.29 bits per heavy atom. The third kappa shape index (κ3) is 4.59. The fourth-order valence-electron chi connectivity index (χ4n) is 2.97. The summed E-state index contributed by atoms with van der Waals surface area (Å²) in [6.45, 7) is 3.14. The molecule has 2 fully saturated rings. The number of ether oxygens (including phenoxy) is 4. The second-order valence-corrected chi connectivity index (χ2v) is 6.76. The van der Waals surface area contributed by atoms with Crippen molar-refractivity contribution in [3.8, 4) is 0 Å². The van der Waals surface area contributed by atoms with Gasteiger partial charge in [-0.05, 0) is 13.8 Å². The number of carbonyl (C=O) groups is 2. The summed E-state index contributed by atoms with van der Waals surface area (Å²) in [5.74, 6) is -3.22. The second kappa shape index (κ2) is 8.94. The van der Waals surface area contributed by atoms with Gasteiger partial charge in [-0.2, -0.15) is 0 Å². The van der Waals surface area contributed by atoms with Crippen molar-refractivity contribution in [1.29, 1.82) is 0 Å². The highest BCUT2D eigenvalue weighted by Gasteiger charge is 2.54. The molecule has 13 heteroatoms. The number of hydrogen-bond donors (Lipinski definition) is 7. The first-order valence-electron chi connectivity index (χ1n) is 8.43. The van der Waals surface area contributed by atoms with Gasteiger partial charge in [-0.15, -0.1) is 0 Å². The van der Waals surface area contributed by atoms with Crippen molar-refractivity contribution in [2.75, 3.05) is 0 Å². The van der Waals surface area contributed by atoms with Crippen molar-refractivity contribution >= 4 is 11.9 Å². The monoisotopic (exact) mass is 412 g/mol. The first-order valence-corrected chi connectivity index (χ1v) is 8.43. The van der Waals surface area contributed by atoms with Crippen LogP contribution in [0.2, 0.25) is 0 Å². The first-order chi connectivity index (χ1) is 13.0. The lowest BCUT2D eigenvalue weighted by molar-refractivity contribution is -0.349. The van der Waals surface area contributed by atoms with Crippen LogP contribution in [0.5, 0.6) is 0 Å². The minimum absolute atomic E-state index is 0.517. The molecule has 0 aromatic rings. The molecule has 2 aliphatic rings. The van der Waals surface area contributed by atoms with E-state index in [4.69, 9.17) is 14.2 Å². The van der Waals surface area contributed by atoms with Crippen molar-refractivity contribution < 1.29 is 64.3 Å². The Labute approximate surface area is 158 Å². The predicted octanol–water partition coefficient (Wildman–Crippen LogP) is -3.78. The van der Waals surface area contributed by atoms with Crippen LogP contribution >= 0.6 is 0 Å². The Bertz CT molecular complexity index is 568. The fraction of sp³-hybridized carbons (Fsp3) is 0.867. The van der Waals surface area contributed by atoms with Gasteiger partial charge in [-0.25, -0.2) is 9.59 Å². The molecule has 2 saturated heterocycles. The summed E-state index contributed by atoms with van der Waals surface area (Å²) >= 11 is 0. The Morgan fingerprint density at radius 1 is 0.786 bits per heavy atom. The van der Waals surface area contributed by atoms with Gasteiger partial charge in [0.2, 0.25) is 0 Å². The Morgan fingerprint density at radius 3 is 1.79 bits per heavy atom. The van der Waals surface area contributed by atoms with Gasteiger partial charge >= 0.3 is 11.9 Å². The molecule has 0 aliphatic carbocycles. The van der Waals surface area contributed by atoms with Crippen molar-refractivity contribution in [2.24, 2.45) is 0 Å². The molecule has 13 nitrogen and oxygen atoms in total. The van der Waals surface area contributed by atoms with Crippen molar-refractivity contribution in [1.82, 2.24) is 0 Å². The van der Waals surface area contributed by atoms with E-state index in [0.29, 0.717) is 0 Å². The van der Waals surface area contributed by atoms with Gasteiger partial charge < -0.3 is 54.7 Å². The van der Waals surface area contributed by atoms with Gasteiger partial charge in [0.05, 0.1) is 6.10 Å². The molecule has 28 heavy (non-hydrogen) atoms. The molecule has 7 N–H and O–H groups in total. The summed E-state index contributed by atoms with van der Waals surface area (Å²) in [5, 5.41) is 68.1. The smallest absolute Gasteiger partial charge is 0.335 e. The van der Waals surface area contributed by atoms with E-state index < -0.39 is 79.5 Å². The van der Waals surface area contributed by atoms with E-state index >= 15 is 0 Å². The highest BCUT2D eigenvalue weighted by molar-refractivity contribution is 5.74. The number of carboxylic acids is 2. The van der Waals surface area contributed by atoms with Crippen LogP contribution in [0.4, 0.5) is 0 Å². The third-order valence-corrected chi connectivity index (χ3v) is 4.31. The SMILES string of the molecule is CC(C)O[C@@H]1C(C(=O)O)O[C@@H](O[C@@H]2C(C(=O)O)O[C@@H](O)[C@H](O)C2O)[C@H](O)C1O. The summed E-state index contributed by atoms with van der Waals surface area (Å²) in [7, 11) is 0. The summed E-state index contributed by atoms with van der Waals surface area (Å²) in [6.07, 6.45) is -19.1. The van der Waals surface area contributed by atoms with Crippen LogP contribution in [0, 0.1) is 0 Å². The highest BCUT2D eigenvalue weighted by atomic mass is 16.7. The highest BCUT2D eigenvalue weighted by Crippen LogP contribution is 2.30. The lowest BCUT2D eigenvalue weighted by atomic mass is 9.96. The minimum Gasteiger partial charge on any atom is -0.479 e. The maximum Gasteiger partial charge on any atom is 0.335 e. The number of carboxylic acid groups (broad SMARTS) is 2. The quantitative estimate of drug-likeness (QED) is 0.223. The molecule has 0 aromatic carbocycles. The largest absolute Gasteiger partial charge is 0.479 e. The van der Waals surface area contributed by atoms with E-state index in [1.807, 2.05) is 0 Å². The molecule has 2 rings (SSSR count). The number of aliphatic hydroxyl groups is 5. The molecule has 162 valence electrons. The zero-order valence-corrected chi connectivity index (χ0v) is 14.9. The van der Waals surface area contributed by atoms with Gasteiger partial charge in [0, 0.05) is 0 Å². The average molecular weight is 412 g/mol. The first kappa shape index (κ1) is 22.9. The normalized spacial score (nSPS) is 44.4. The van der Waals surface area contributed by atoms with Crippen molar-refractivity contribution in [3.63, 3.8) is 0 Å². The number of aliphatic carboxylic acids is 2. The number of aliphatic hydroxyl groups excluding tert-OH is 5. The number of rotatable bonds is 6. The summed E-state index contributed by atoms with van der Waals surface area (Å²) < 4.78 is 20.3. The topological polar surface area (TPSA) is 213 Å². The Hall–Kier alpha value is -1.42. The Balaban J connectivity index is 2.23. The second-order valence-electron chi connectivity index (χ2n) is 6.76. The molecular formula is C15H24O13. The van der Waals surface area contributed by atoms with Gasteiger partial charge in [0.15, 0.2) is 24.8 Å². The molecule has 0 saturated carbocycles. The van der Waals surface area contributed by atoms with Crippen LogP contribution in [-0.4, -0.2) is 115 Å². The van der Waals surface area contributed by atoms with Crippen molar-refractivity contribution in [3.05, 3.63) is 0 Å². The van der Waals surface area contributed by atoms with Gasteiger partial charge in [0.25, 0.3) is 0 Å². The van der Waals surface area contributed by atoms with Crippen LogP contribution in [0.15, 0.2) is 0 Å². The van der Waals surface area contributed by atoms with E-state index in [9.17, 15) is 45.3 Å². The van der Waals surface area contributed by atoms with E-state index in [-0.39, 0.29) is 0 Å². The lowest BCUT2D eigenvalue weighted by Crippen LogP contribution is -2.66. The molecule has 0 amide bonds. The maximum atomic E-state index is 11.5. The average Bonchev–Trinajstić information content (AvgIpc) is 2.60. The van der Waals surface area contributed by atoms with Crippen LogP contribution in [0.3, 0.4) is 0 Å². The zero-order chi connectivity index (χ0) is 21.3. The molecule has 0 aromatic heterocycles. The zero-order valence-electron chi connectivity index (χ0n) is 14.9.